The van der Waals surface area contributed by atoms with Gasteiger partial charge in [-0.05, 0) is 36.6 Å². The highest BCUT2D eigenvalue weighted by Gasteiger charge is 1.74. The Morgan fingerprint density at radius 2 is 1.25 bits per heavy atom. The van der Waals surface area contributed by atoms with Gasteiger partial charge in [-0.2, -0.15) is 0 Å². The molecule has 0 unspecified atom stereocenters. The predicted octanol–water partition coefficient (Wildman–Crippen LogP) is 3.65. The number of hydrogen-bond acceptors (Lipinski definition) is 3. The molecule has 0 aliphatic carbocycles. The van der Waals surface area contributed by atoms with Crippen LogP contribution in [0.5, 0.6) is 0 Å². The van der Waals surface area contributed by atoms with Gasteiger partial charge in [-0.15, -0.1) is 0 Å². The number of thiocarbonyl (C=S) groups is 2. The Hall–Kier alpha value is -1.07. The molecular weight excluding hydrogens is 242 g/mol. The molecule has 1 aromatic rings. The molecule has 1 heterocycles. The van der Waals surface area contributed by atoms with Gasteiger partial charge in [-0.25, -0.2) is 0 Å². The second-order valence-corrected chi connectivity index (χ2v) is 3.46. The van der Waals surface area contributed by atoms with Crippen LogP contribution in [-0.4, -0.2) is 25.3 Å². The number of aromatic nitrogens is 1. The molecule has 3 nitrogen and oxygen atoms in total. The summed E-state index contributed by atoms with van der Waals surface area (Å²) in [5.41, 5.74) is 0. The number of nitrogens with zero attached hydrogens (tertiary/aromatic N) is 1. The minimum Gasteiger partial charge on any atom is -0.502 e. The van der Waals surface area contributed by atoms with Crippen molar-refractivity contribution < 1.29 is 10.2 Å². The lowest BCUT2D eigenvalue weighted by atomic mass is 10.5. The molecule has 0 spiro atoms. The molecule has 1 aromatic heterocycles. The molecular formula is C11H17NO2S2. The van der Waals surface area contributed by atoms with Crippen LogP contribution in [0.3, 0.4) is 0 Å². The molecule has 0 fully saturated rings. The van der Waals surface area contributed by atoms with E-state index in [0.717, 1.165) is 0 Å². The minimum atomic E-state index is 0.0880. The fraction of sp³-hybridized carbons (Fsp3) is 0.364. The lowest BCUT2D eigenvalue weighted by molar-refractivity contribution is 0.552. The van der Waals surface area contributed by atoms with Crippen molar-refractivity contribution in [3.05, 3.63) is 30.6 Å². The monoisotopic (exact) mass is 259 g/mol. The summed E-state index contributed by atoms with van der Waals surface area (Å²) in [6.45, 7) is 3.62. The Labute approximate surface area is 107 Å². The zero-order chi connectivity index (χ0) is 12.8. The molecule has 0 amide bonds. The van der Waals surface area contributed by atoms with Gasteiger partial charge in [0, 0.05) is 25.2 Å². The molecule has 2 N–H and O–H groups in total. The van der Waals surface area contributed by atoms with Crippen LogP contribution in [0.1, 0.15) is 26.7 Å². The van der Waals surface area contributed by atoms with Crippen molar-refractivity contribution in [3.63, 3.8) is 0 Å². The summed E-state index contributed by atoms with van der Waals surface area (Å²) in [5, 5.41) is 16.4. The van der Waals surface area contributed by atoms with Gasteiger partial charge in [0.25, 0.3) is 0 Å². The molecule has 90 valence electrons. The molecule has 0 bridgehead atoms. The van der Waals surface area contributed by atoms with E-state index < -0.39 is 0 Å². The Balaban J connectivity index is 0. The number of hydrogen-bond donors (Lipinski definition) is 2. The molecule has 0 saturated carbocycles. The molecule has 0 atom stereocenters. The molecule has 0 saturated heterocycles. The van der Waals surface area contributed by atoms with Crippen molar-refractivity contribution in [3.8, 4) is 0 Å². The molecule has 0 aliphatic heterocycles. The van der Waals surface area contributed by atoms with Crippen molar-refractivity contribution in [1.82, 2.24) is 4.98 Å². The first-order valence-electron chi connectivity index (χ1n) is 4.83. The second-order valence-electron chi connectivity index (χ2n) is 2.52. The van der Waals surface area contributed by atoms with E-state index in [9.17, 15) is 0 Å². The van der Waals surface area contributed by atoms with E-state index in [1.165, 1.54) is 0 Å². The Morgan fingerprint density at radius 1 is 0.938 bits per heavy atom. The Morgan fingerprint density at radius 3 is 1.31 bits per heavy atom. The van der Waals surface area contributed by atoms with Crippen LogP contribution in [0.2, 0.25) is 0 Å². The normalized spacial score (nSPS) is 7.62. The van der Waals surface area contributed by atoms with Crippen LogP contribution in [0.25, 0.3) is 0 Å². The molecule has 0 aromatic carbocycles. The summed E-state index contributed by atoms with van der Waals surface area (Å²) in [6, 6.07) is 5.72. The van der Waals surface area contributed by atoms with Crippen molar-refractivity contribution in [2.75, 3.05) is 0 Å². The van der Waals surface area contributed by atoms with Gasteiger partial charge in [0.1, 0.15) is 0 Å². The third kappa shape index (κ3) is 23.1. The van der Waals surface area contributed by atoms with Crippen LogP contribution in [0, 0.1) is 0 Å². The standard InChI is InChI=1S/C5H5N.2C3H6OS/c1-2-4-6-5-3-1;2*1-2-3(4)5/h1-5H;2*2H2,1H3,(H,4,5). The van der Waals surface area contributed by atoms with E-state index in [2.05, 4.69) is 29.4 Å². The predicted molar refractivity (Wildman–Crippen MR) is 75.3 cm³/mol. The van der Waals surface area contributed by atoms with Crippen LogP contribution in [-0.2, 0) is 0 Å². The van der Waals surface area contributed by atoms with Crippen LogP contribution < -0.4 is 0 Å². The Bertz CT molecular complexity index is 238. The first kappa shape index (κ1) is 17.3. The summed E-state index contributed by atoms with van der Waals surface area (Å²) >= 11 is 8.50. The van der Waals surface area contributed by atoms with E-state index in [4.69, 9.17) is 10.2 Å². The summed E-state index contributed by atoms with van der Waals surface area (Å²) in [6.07, 6.45) is 4.69. The smallest absolute Gasteiger partial charge is 0.156 e. The van der Waals surface area contributed by atoms with Gasteiger partial charge in [-0.1, -0.05) is 19.9 Å². The van der Waals surface area contributed by atoms with Gasteiger partial charge in [0.15, 0.2) is 10.1 Å². The molecule has 0 radical (unpaired) electrons. The lowest BCUT2D eigenvalue weighted by Crippen LogP contribution is -1.82. The largest absolute Gasteiger partial charge is 0.502 e. The summed E-state index contributed by atoms with van der Waals surface area (Å²) in [5.74, 6) is 0. The van der Waals surface area contributed by atoms with Crippen molar-refractivity contribution in [2.24, 2.45) is 0 Å². The van der Waals surface area contributed by atoms with Crippen LogP contribution >= 0.6 is 24.4 Å². The van der Waals surface area contributed by atoms with E-state index in [1.54, 1.807) is 12.4 Å². The second kappa shape index (κ2) is 13.9. The van der Waals surface area contributed by atoms with E-state index in [1.807, 2.05) is 32.0 Å². The van der Waals surface area contributed by atoms with Crippen molar-refractivity contribution >= 4 is 34.5 Å². The highest BCUT2D eigenvalue weighted by Crippen LogP contribution is 1.74. The summed E-state index contributed by atoms with van der Waals surface area (Å²) in [7, 11) is 0. The summed E-state index contributed by atoms with van der Waals surface area (Å²) in [4.78, 5) is 3.78. The fourth-order valence-electron chi connectivity index (χ4n) is 0.313. The number of aliphatic hydroxyl groups is 2. The zero-order valence-electron chi connectivity index (χ0n) is 9.46. The first-order chi connectivity index (χ1) is 7.54. The fourth-order valence-corrected chi connectivity index (χ4v) is 0.313. The average molecular weight is 259 g/mol. The number of rotatable bonds is 2. The SMILES string of the molecule is CCC(O)=S.CCC(O)=S.c1ccncc1. The highest BCUT2D eigenvalue weighted by molar-refractivity contribution is 7.80. The summed E-state index contributed by atoms with van der Waals surface area (Å²) < 4.78 is 0. The van der Waals surface area contributed by atoms with Crippen molar-refractivity contribution in [1.29, 1.82) is 0 Å². The molecule has 0 aliphatic rings. The van der Waals surface area contributed by atoms with E-state index in [-0.39, 0.29) is 10.1 Å². The van der Waals surface area contributed by atoms with Crippen LogP contribution in [0.15, 0.2) is 30.6 Å². The maximum absolute atomic E-state index is 8.09. The third-order valence-electron chi connectivity index (χ3n) is 1.17. The number of aliphatic hydroxyl groups excluding tert-OH is 2. The van der Waals surface area contributed by atoms with E-state index in [0.29, 0.717) is 12.8 Å². The molecule has 5 heteroatoms. The first-order valence-corrected chi connectivity index (χ1v) is 5.64. The van der Waals surface area contributed by atoms with Gasteiger partial charge in [0.05, 0.1) is 0 Å². The third-order valence-corrected chi connectivity index (χ3v) is 1.75. The lowest BCUT2D eigenvalue weighted by Gasteiger charge is -1.76. The van der Waals surface area contributed by atoms with Crippen molar-refractivity contribution in [2.45, 2.75) is 26.7 Å². The topological polar surface area (TPSA) is 53.4 Å². The van der Waals surface area contributed by atoms with Gasteiger partial charge < -0.3 is 10.2 Å². The minimum absolute atomic E-state index is 0.0880. The quantitative estimate of drug-likeness (QED) is 0.794. The molecule has 1 rings (SSSR count). The van der Waals surface area contributed by atoms with Gasteiger partial charge in [0.2, 0.25) is 0 Å². The van der Waals surface area contributed by atoms with E-state index >= 15 is 0 Å². The maximum atomic E-state index is 8.09. The molecule has 16 heavy (non-hydrogen) atoms. The Kier molecular flexibility index (Phi) is 15.1. The van der Waals surface area contributed by atoms with Gasteiger partial charge >= 0.3 is 0 Å². The number of pyridine rings is 1. The average Bonchev–Trinajstić information content (AvgIpc) is 2.32. The maximum Gasteiger partial charge on any atom is 0.156 e. The van der Waals surface area contributed by atoms with Crippen LogP contribution in [0.4, 0.5) is 0 Å². The highest BCUT2D eigenvalue weighted by atomic mass is 32.1. The van der Waals surface area contributed by atoms with Gasteiger partial charge in [-0.3, -0.25) is 4.98 Å². The zero-order valence-corrected chi connectivity index (χ0v) is 11.1.